The second-order valence-corrected chi connectivity index (χ2v) is 31.1. The first-order valence-corrected chi connectivity index (χ1v) is 43.1. The molecule has 0 radical (unpaired) electrons. The van der Waals surface area contributed by atoms with Crippen LogP contribution in [0.4, 0.5) is 0 Å². The van der Waals surface area contributed by atoms with E-state index < -0.39 is 97.5 Å². The van der Waals surface area contributed by atoms with Crippen LogP contribution in [0.15, 0.2) is 0 Å². The van der Waals surface area contributed by atoms with Crippen LogP contribution in [0.3, 0.4) is 0 Å². The van der Waals surface area contributed by atoms with Crippen LogP contribution in [0.25, 0.3) is 0 Å². The molecule has 0 aliphatic heterocycles. The summed E-state index contributed by atoms with van der Waals surface area (Å²) < 4.78 is 68.5. The normalized spacial score (nSPS) is 13.9. The highest BCUT2D eigenvalue weighted by Crippen LogP contribution is 2.45. The Balaban J connectivity index is 5.22. The average molecular weight is 1410 g/mol. The summed E-state index contributed by atoms with van der Waals surface area (Å²) in [6, 6.07) is 0. The molecule has 17 nitrogen and oxygen atoms in total. The highest BCUT2D eigenvalue weighted by Gasteiger charge is 2.30. The minimum absolute atomic E-state index is 0.108. The van der Waals surface area contributed by atoms with Gasteiger partial charge >= 0.3 is 39.5 Å². The maximum absolute atomic E-state index is 13.1. The monoisotopic (exact) mass is 1410 g/mol. The lowest BCUT2D eigenvalue weighted by molar-refractivity contribution is -0.161. The number of ether oxygens (including phenoxy) is 4. The Kier molecular flexibility index (Phi) is 68.7. The number of phosphoric ester groups is 2. The number of carbonyl (C=O) groups excluding carboxylic acids is 4. The van der Waals surface area contributed by atoms with Crippen LogP contribution in [0.5, 0.6) is 0 Å². The Morgan fingerprint density at radius 1 is 0.281 bits per heavy atom. The van der Waals surface area contributed by atoms with E-state index in [9.17, 15) is 43.2 Å². The molecule has 0 saturated heterocycles. The van der Waals surface area contributed by atoms with Crippen LogP contribution in [0, 0.1) is 5.92 Å². The van der Waals surface area contributed by atoms with Gasteiger partial charge in [0.05, 0.1) is 26.4 Å². The van der Waals surface area contributed by atoms with Crippen molar-refractivity contribution >= 4 is 39.5 Å². The highest BCUT2D eigenvalue weighted by atomic mass is 31.2. The maximum Gasteiger partial charge on any atom is 0.472 e. The molecule has 0 bridgehead atoms. The zero-order valence-corrected chi connectivity index (χ0v) is 64.3. The summed E-state index contributed by atoms with van der Waals surface area (Å²) in [5.41, 5.74) is 0. The zero-order chi connectivity index (χ0) is 70.5. The van der Waals surface area contributed by atoms with Crippen molar-refractivity contribution in [2.24, 2.45) is 5.92 Å². The van der Waals surface area contributed by atoms with Crippen molar-refractivity contribution in [2.75, 3.05) is 39.6 Å². The summed E-state index contributed by atoms with van der Waals surface area (Å²) in [6.07, 6.45) is 59.6. The lowest BCUT2D eigenvalue weighted by atomic mass is 10.0. The predicted molar refractivity (Wildman–Crippen MR) is 391 cm³/mol. The first-order chi connectivity index (χ1) is 46.5. The summed E-state index contributed by atoms with van der Waals surface area (Å²) in [6.45, 7) is 7.30. The van der Waals surface area contributed by atoms with Crippen molar-refractivity contribution in [1.29, 1.82) is 0 Å². The fourth-order valence-electron chi connectivity index (χ4n) is 11.9. The zero-order valence-electron chi connectivity index (χ0n) is 62.5. The molecule has 0 aliphatic rings. The van der Waals surface area contributed by atoms with Crippen molar-refractivity contribution in [3.63, 3.8) is 0 Å². The SMILES string of the molecule is CCCCCCCCCCCCCCCCCCCCCC(=O)O[C@H](COC(=O)CCCCCCCCCCCCCC(C)C)COP(=O)(O)OC[C@@H](O)COP(=O)(O)OC[C@@H](COC(=O)CCCCCCCCCCC)OC(=O)CCCCCCCCCCCCCCCC. The van der Waals surface area contributed by atoms with Gasteiger partial charge in [0.1, 0.15) is 19.3 Å². The Bertz CT molecular complexity index is 1840. The Morgan fingerprint density at radius 2 is 0.479 bits per heavy atom. The molecule has 0 aromatic rings. The standard InChI is InChI=1S/C77H150O17P2/c1-6-9-12-15-18-21-23-25-27-28-29-30-31-33-37-43-48-53-58-63-77(82)94-73(67-88-75(80)61-56-51-46-41-38-34-35-40-44-49-54-59-70(4)5)69-92-96(85,86)90-65-71(78)64-89-95(83,84)91-68-72(66-87-74(79)60-55-50-45-39-20-17-14-11-8-3)93-76(81)62-57-52-47-42-36-32-26-24-22-19-16-13-10-7-2/h70-73,78H,6-69H2,1-5H3,(H,83,84)(H,85,86)/t71-,72+,73+/m0/s1. The van der Waals surface area contributed by atoms with E-state index >= 15 is 0 Å². The molecule has 5 atom stereocenters. The third-order valence-corrected chi connectivity index (χ3v) is 19.9. The first-order valence-electron chi connectivity index (χ1n) is 40.1. The molecule has 0 aromatic carbocycles. The Hall–Kier alpha value is -1.94. The smallest absolute Gasteiger partial charge is 0.462 e. The van der Waals surface area contributed by atoms with Gasteiger partial charge in [0.15, 0.2) is 12.2 Å². The van der Waals surface area contributed by atoms with Gasteiger partial charge in [-0.2, -0.15) is 0 Å². The Morgan fingerprint density at radius 3 is 0.708 bits per heavy atom. The molecule has 0 saturated carbocycles. The molecule has 0 rings (SSSR count). The van der Waals surface area contributed by atoms with Gasteiger partial charge in [0.25, 0.3) is 0 Å². The predicted octanol–water partition coefficient (Wildman–Crippen LogP) is 22.9. The number of rotatable bonds is 77. The second-order valence-electron chi connectivity index (χ2n) is 28.2. The largest absolute Gasteiger partial charge is 0.472 e. The minimum Gasteiger partial charge on any atom is -0.462 e. The van der Waals surface area contributed by atoms with Crippen LogP contribution < -0.4 is 0 Å². The van der Waals surface area contributed by atoms with Crippen molar-refractivity contribution in [3.05, 3.63) is 0 Å². The lowest BCUT2D eigenvalue weighted by Crippen LogP contribution is -2.30. The highest BCUT2D eigenvalue weighted by molar-refractivity contribution is 7.47. The number of aliphatic hydroxyl groups excluding tert-OH is 1. The van der Waals surface area contributed by atoms with E-state index in [0.717, 1.165) is 95.8 Å². The van der Waals surface area contributed by atoms with Crippen molar-refractivity contribution in [1.82, 2.24) is 0 Å². The summed E-state index contributed by atoms with van der Waals surface area (Å²) in [4.78, 5) is 72.8. The number of aliphatic hydroxyl groups is 1. The van der Waals surface area contributed by atoms with Gasteiger partial charge < -0.3 is 33.8 Å². The van der Waals surface area contributed by atoms with E-state index in [0.29, 0.717) is 25.7 Å². The first kappa shape index (κ1) is 94.1. The second kappa shape index (κ2) is 70.1. The molecule has 0 aliphatic carbocycles. The lowest BCUT2D eigenvalue weighted by Gasteiger charge is -2.21. The fourth-order valence-corrected chi connectivity index (χ4v) is 13.5. The molecule has 0 aromatic heterocycles. The topological polar surface area (TPSA) is 237 Å². The van der Waals surface area contributed by atoms with E-state index in [1.807, 2.05) is 0 Å². The summed E-state index contributed by atoms with van der Waals surface area (Å²) >= 11 is 0. The van der Waals surface area contributed by atoms with Crippen LogP contribution in [-0.2, 0) is 65.4 Å². The minimum atomic E-state index is -4.96. The molecule has 570 valence electrons. The van der Waals surface area contributed by atoms with E-state index in [4.69, 9.17) is 37.0 Å². The average Bonchev–Trinajstić information content (AvgIpc) is 2.30. The van der Waals surface area contributed by atoms with Crippen LogP contribution >= 0.6 is 15.6 Å². The van der Waals surface area contributed by atoms with Crippen molar-refractivity contribution in [3.8, 4) is 0 Å². The van der Waals surface area contributed by atoms with E-state index in [2.05, 4.69) is 34.6 Å². The molecule has 96 heavy (non-hydrogen) atoms. The Labute approximate surface area is 588 Å². The van der Waals surface area contributed by atoms with Crippen molar-refractivity contribution in [2.45, 2.75) is 425 Å². The molecule has 0 fully saturated rings. The quantitative estimate of drug-likeness (QED) is 0.0222. The number of carbonyl (C=O) groups is 4. The van der Waals surface area contributed by atoms with Gasteiger partial charge in [-0.3, -0.25) is 37.3 Å². The van der Waals surface area contributed by atoms with E-state index in [-0.39, 0.29) is 25.7 Å². The van der Waals surface area contributed by atoms with Gasteiger partial charge in [-0.05, 0) is 31.6 Å². The molecule has 0 heterocycles. The number of hydrogen-bond donors (Lipinski definition) is 3. The van der Waals surface area contributed by atoms with Gasteiger partial charge in [-0.25, -0.2) is 9.13 Å². The fraction of sp³-hybridized carbons (Fsp3) is 0.948. The van der Waals surface area contributed by atoms with Crippen LogP contribution in [-0.4, -0.2) is 96.7 Å². The van der Waals surface area contributed by atoms with Crippen LogP contribution in [0.2, 0.25) is 0 Å². The van der Waals surface area contributed by atoms with Gasteiger partial charge in [-0.15, -0.1) is 0 Å². The van der Waals surface area contributed by atoms with E-state index in [1.54, 1.807) is 0 Å². The molecule has 3 N–H and O–H groups in total. The van der Waals surface area contributed by atoms with Gasteiger partial charge in [-0.1, -0.05) is 356 Å². The van der Waals surface area contributed by atoms with E-state index in [1.165, 1.54) is 231 Å². The third kappa shape index (κ3) is 70.5. The van der Waals surface area contributed by atoms with Gasteiger partial charge in [0, 0.05) is 25.7 Å². The van der Waals surface area contributed by atoms with Crippen LogP contribution in [0.1, 0.15) is 407 Å². The molecule has 0 amide bonds. The number of unbranched alkanes of at least 4 members (excludes halogenated alkanes) is 49. The summed E-state index contributed by atoms with van der Waals surface area (Å²) in [7, 11) is -9.91. The molecule has 0 spiro atoms. The molecule has 2 unspecified atom stereocenters. The van der Waals surface area contributed by atoms with Gasteiger partial charge in [0.2, 0.25) is 0 Å². The summed E-state index contributed by atoms with van der Waals surface area (Å²) in [5, 5.41) is 10.6. The molecule has 19 heteroatoms. The third-order valence-electron chi connectivity index (χ3n) is 18.0. The number of hydrogen-bond acceptors (Lipinski definition) is 15. The maximum atomic E-state index is 13.1. The molecular formula is C77H150O17P2. The number of esters is 4. The summed E-state index contributed by atoms with van der Waals surface area (Å²) in [5.74, 6) is -1.34. The molecular weight excluding hydrogens is 1260 g/mol. The van der Waals surface area contributed by atoms with Crippen molar-refractivity contribution < 1.29 is 80.2 Å². The number of phosphoric acid groups is 2.